The highest BCUT2D eigenvalue weighted by Crippen LogP contribution is 2.21. The Morgan fingerprint density at radius 3 is 2.25 bits per heavy atom. The Hall–Kier alpha value is -2.38. The van der Waals surface area contributed by atoms with Crippen molar-refractivity contribution in [3.05, 3.63) is 59.7 Å². The molecule has 0 N–H and O–H groups in total. The molecule has 6 nitrogen and oxygen atoms in total. The van der Waals surface area contributed by atoms with Crippen molar-refractivity contribution in [2.24, 2.45) is 0 Å². The third kappa shape index (κ3) is 4.36. The molecule has 1 unspecified atom stereocenters. The molecule has 1 amide bonds. The lowest BCUT2D eigenvalue weighted by Crippen LogP contribution is -2.53. The fourth-order valence-electron chi connectivity index (χ4n) is 3.32. The molecule has 0 aliphatic carbocycles. The number of carbonyl (C=O) groups excluding carboxylic acids is 1. The highest BCUT2D eigenvalue weighted by Gasteiger charge is 2.32. The summed E-state index contributed by atoms with van der Waals surface area (Å²) in [7, 11) is -3.53. The van der Waals surface area contributed by atoms with E-state index in [4.69, 9.17) is 4.74 Å². The smallest absolute Gasteiger partial charge is 0.263 e. The summed E-state index contributed by atoms with van der Waals surface area (Å²) in [5, 5.41) is 0. The first-order chi connectivity index (χ1) is 13.3. The summed E-state index contributed by atoms with van der Waals surface area (Å²) in [4.78, 5) is 14.7. The molecule has 1 atom stereocenters. The van der Waals surface area contributed by atoms with E-state index in [2.05, 4.69) is 0 Å². The van der Waals surface area contributed by atoms with Crippen molar-refractivity contribution in [2.45, 2.75) is 31.8 Å². The SMILES string of the molecule is Cc1ccc(OC(C)C(=O)N2CCN(S(=O)(=O)c3ccccc3)CC2)c(C)c1. The van der Waals surface area contributed by atoms with Gasteiger partial charge in [-0.3, -0.25) is 4.79 Å². The fourth-order valence-corrected chi connectivity index (χ4v) is 4.76. The Kier molecular flexibility index (Phi) is 6.05. The third-order valence-electron chi connectivity index (χ3n) is 4.91. The van der Waals surface area contributed by atoms with Gasteiger partial charge >= 0.3 is 0 Å². The topological polar surface area (TPSA) is 66.9 Å². The van der Waals surface area contributed by atoms with Crippen LogP contribution in [0.5, 0.6) is 5.75 Å². The molecule has 7 heteroatoms. The van der Waals surface area contributed by atoms with Crippen LogP contribution in [-0.2, 0) is 14.8 Å². The van der Waals surface area contributed by atoms with Crippen LogP contribution in [0, 0.1) is 13.8 Å². The highest BCUT2D eigenvalue weighted by atomic mass is 32.2. The van der Waals surface area contributed by atoms with Crippen LogP contribution in [0.2, 0.25) is 0 Å². The summed E-state index contributed by atoms with van der Waals surface area (Å²) in [5.74, 6) is 0.563. The first-order valence-corrected chi connectivity index (χ1v) is 10.8. The first kappa shape index (κ1) is 20.4. The molecule has 0 radical (unpaired) electrons. The van der Waals surface area contributed by atoms with Crippen LogP contribution in [0.4, 0.5) is 0 Å². The second kappa shape index (κ2) is 8.32. The number of sulfonamides is 1. The van der Waals surface area contributed by atoms with Crippen molar-refractivity contribution in [3.8, 4) is 5.75 Å². The molecule has 0 spiro atoms. The van der Waals surface area contributed by atoms with E-state index in [1.165, 1.54) is 4.31 Å². The predicted octanol–water partition coefficient (Wildman–Crippen LogP) is 2.60. The van der Waals surface area contributed by atoms with E-state index in [1.807, 2.05) is 32.0 Å². The number of amides is 1. The first-order valence-electron chi connectivity index (χ1n) is 9.37. The molecule has 28 heavy (non-hydrogen) atoms. The van der Waals surface area contributed by atoms with Crippen molar-refractivity contribution in [2.75, 3.05) is 26.2 Å². The Labute approximate surface area is 166 Å². The second-order valence-electron chi connectivity index (χ2n) is 7.07. The molecule has 0 bridgehead atoms. The molecule has 1 heterocycles. The number of rotatable bonds is 5. The van der Waals surface area contributed by atoms with E-state index in [-0.39, 0.29) is 23.9 Å². The van der Waals surface area contributed by atoms with Gasteiger partial charge in [0, 0.05) is 26.2 Å². The minimum absolute atomic E-state index is 0.128. The van der Waals surface area contributed by atoms with Gasteiger partial charge in [-0.25, -0.2) is 8.42 Å². The summed E-state index contributed by atoms with van der Waals surface area (Å²) in [6.07, 6.45) is -0.626. The van der Waals surface area contributed by atoms with Crippen molar-refractivity contribution in [1.82, 2.24) is 9.21 Å². The summed E-state index contributed by atoms with van der Waals surface area (Å²) in [6, 6.07) is 14.2. The number of carbonyl (C=O) groups is 1. The van der Waals surface area contributed by atoms with Crippen LogP contribution in [0.1, 0.15) is 18.1 Å². The van der Waals surface area contributed by atoms with Crippen LogP contribution in [-0.4, -0.2) is 55.8 Å². The van der Waals surface area contributed by atoms with Crippen molar-refractivity contribution >= 4 is 15.9 Å². The maximum Gasteiger partial charge on any atom is 0.263 e. The molecule has 3 rings (SSSR count). The molecule has 0 saturated carbocycles. The highest BCUT2D eigenvalue weighted by molar-refractivity contribution is 7.89. The number of ether oxygens (including phenoxy) is 1. The maximum atomic E-state index is 12.7. The van der Waals surface area contributed by atoms with E-state index in [0.29, 0.717) is 18.8 Å². The number of nitrogens with zero attached hydrogens (tertiary/aromatic N) is 2. The quantitative estimate of drug-likeness (QED) is 0.771. The average Bonchev–Trinajstić information content (AvgIpc) is 2.70. The lowest BCUT2D eigenvalue weighted by Gasteiger charge is -2.35. The summed E-state index contributed by atoms with van der Waals surface area (Å²) in [5.41, 5.74) is 2.12. The Morgan fingerprint density at radius 1 is 1.00 bits per heavy atom. The molecular formula is C21H26N2O4S. The molecule has 2 aromatic rings. The molecule has 1 saturated heterocycles. The fraction of sp³-hybridized carbons (Fsp3) is 0.381. The second-order valence-corrected chi connectivity index (χ2v) is 9.01. The number of piperazine rings is 1. The number of hydrogen-bond acceptors (Lipinski definition) is 4. The third-order valence-corrected chi connectivity index (χ3v) is 6.83. The monoisotopic (exact) mass is 402 g/mol. The van der Waals surface area contributed by atoms with E-state index in [9.17, 15) is 13.2 Å². The lowest BCUT2D eigenvalue weighted by molar-refractivity contribution is -0.139. The van der Waals surface area contributed by atoms with Crippen molar-refractivity contribution < 1.29 is 17.9 Å². The van der Waals surface area contributed by atoms with Crippen LogP contribution in [0.3, 0.4) is 0 Å². The standard InChI is InChI=1S/C21H26N2O4S/c1-16-9-10-20(17(2)15-16)27-18(3)21(24)22-11-13-23(14-12-22)28(25,26)19-7-5-4-6-8-19/h4-10,15,18H,11-14H2,1-3H3. The predicted molar refractivity (Wildman–Crippen MR) is 108 cm³/mol. The van der Waals surface area contributed by atoms with Crippen LogP contribution < -0.4 is 4.74 Å². The normalized spacial score (nSPS) is 16.6. The zero-order valence-electron chi connectivity index (χ0n) is 16.5. The number of benzene rings is 2. The molecule has 1 aliphatic rings. The molecular weight excluding hydrogens is 376 g/mol. The minimum Gasteiger partial charge on any atom is -0.481 e. The summed E-state index contributed by atoms with van der Waals surface area (Å²) in [6.45, 7) is 6.95. The molecule has 0 aromatic heterocycles. The van der Waals surface area contributed by atoms with E-state index in [1.54, 1.807) is 42.2 Å². The van der Waals surface area contributed by atoms with Gasteiger partial charge in [0.15, 0.2) is 6.10 Å². The lowest BCUT2D eigenvalue weighted by atomic mass is 10.1. The summed E-state index contributed by atoms with van der Waals surface area (Å²) >= 11 is 0. The largest absolute Gasteiger partial charge is 0.481 e. The number of aryl methyl sites for hydroxylation is 2. The summed E-state index contributed by atoms with van der Waals surface area (Å²) < 4.78 is 32.7. The Morgan fingerprint density at radius 2 is 1.64 bits per heavy atom. The Balaban J connectivity index is 1.60. The van der Waals surface area contributed by atoms with Gasteiger partial charge in [-0.15, -0.1) is 0 Å². The van der Waals surface area contributed by atoms with Crippen LogP contribution in [0.25, 0.3) is 0 Å². The molecule has 1 fully saturated rings. The molecule has 2 aromatic carbocycles. The molecule has 150 valence electrons. The van der Waals surface area contributed by atoms with E-state index in [0.717, 1.165) is 11.1 Å². The van der Waals surface area contributed by atoms with Gasteiger partial charge in [-0.1, -0.05) is 35.9 Å². The van der Waals surface area contributed by atoms with Crippen LogP contribution >= 0.6 is 0 Å². The van der Waals surface area contributed by atoms with Gasteiger partial charge in [-0.2, -0.15) is 4.31 Å². The minimum atomic E-state index is -3.53. The average molecular weight is 403 g/mol. The number of hydrogen-bond donors (Lipinski definition) is 0. The van der Waals surface area contributed by atoms with E-state index >= 15 is 0 Å². The molecule has 1 aliphatic heterocycles. The van der Waals surface area contributed by atoms with Gasteiger partial charge in [0.05, 0.1) is 4.90 Å². The zero-order valence-corrected chi connectivity index (χ0v) is 17.3. The van der Waals surface area contributed by atoms with E-state index < -0.39 is 16.1 Å². The van der Waals surface area contributed by atoms with Crippen molar-refractivity contribution in [3.63, 3.8) is 0 Å². The van der Waals surface area contributed by atoms with Gasteiger partial charge < -0.3 is 9.64 Å². The van der Waals surface area contributed by atoms with Gasteiger partial charge in [0.1, 0.15) is 5.75 Å². The van der Waals surface area contributed by atoms with Gasteiger partial charge in [0.2, 0.25) is 10.0 Å². The van der Waals surface area contributed by atoms with Gasteiger partial charge in [0.25, 0.3) is 5.91 Å². The zero-order chi connectivity index (χ0) is 20.3. The van der Waals surface area contributed by atoms with Gasteiger partial charge in [-0.05, 0) is 44.5 Å². The van der Waals surface area contributed by atoms with Crippen molar-refractivity contribution in [1.29, 1.82) is 0 Å². The Bertz CT molecular complexity index is 936. The maximum absolute atomic E-state index is 12.7. The van der Waals surface area contributed by atoms with Crippen LogP contribution in [0.15, 0.2) is 53.4 Å².